The Labute approximate surface area is 181 Å². The van der Waals surface area contributed by atoms with E-state index in [2.05, 4.69) is 9.80 Å². The Bertz CT molecular complexity index is 993. The number of rotatable bonds is 5. The van der Waals surface area contributed by atoms with Crippen LogP contribution in [0.5, 0.6) is 5.75 Å². The van der Waals surface area contributed by atoms with Gasteiger partial charge in [-0.3, -0.25) is 14.6 Å². The van der Waals surface area contributed by atoms with Crippen LogP contribution in [-0.4, -0.2) is 47.1 Å². The summed E-state index contributed by atoms with van der Waals surface area (Å²) in [6.45, 7) is 8.15. The summed E-state index contributed by atoms with van der Waals surface area (Å²) in [6, 6.07) is 15.3. The Kier molecular flexibility index (Phi) is 6.01. The van der Waals surface area contributed by atoms with E-state index in [0.29, 0.717) is 10.9 Å². The minimum atomic E-state index is -0.0396. The predicted octanol–water partition coefficient (Wildman–Crippen LogP) is 4.16. The van der Waals surface area contributed by atoms with Gasteiger partial charge in [-0.2, -0.15) is 0 Å². The maximum Gasteiger partial charge on any atom is 0.230 e. The van der Waals surface area contributed by atoms with Crippen molar-refractivity contribution in [2.24, 2.45) is 0 Å². The summed E-state index contributed by atoms with van der Waals surface area (Å²) in [7, 11) is 0. The van der Waals surface area contributed by atoms with Crippen molar-refractivity contribution in [3.05, 3.63) is 65.2 Å². The summed E-state index contributed by atoms with van der Waals surface area (Å²) >= 11 is 1.51. The first-order chi connectivity index (χ1) is 14.5. The Morgan fingerprint density at radius 2 is 1.73 bits per heavy atom. The van der Waals surface area contributed by atoms with Crippen molar-refractivity contribution < 1.29 is 9.90 Å². The smallest absolute Gasteiger partial charge is 0.230 e. The number of hydrogen-bond acceptors (Lipinski definition) is 6. The lowest BCUT2D eigenvalue weighted by Gasteiger charge is -2.35. The molecule has 1 aliphatic heterocycles. The first-order valence-electron chi connectivity index (χ1n) is 10.1. The number of anilines is 3. The van der Waals surface area contributed by atoms with Crippen molar-refractivity contribution in [3.63, 3.8) is 0 Å². The predicted molar refractivity (Wildman–Crippen MR) is 122 cm³/mol. The van der Waals surface area contributed by atoms with Crippen LogP contribution < -0.4 is 9.80 Å². The Morgan fingerprint density at radius 1 is 1.07 bits per heavy atom. The van der Waals surface area contributed by atoms with Gasteiger partial charge in [0.15, 0.2) is 5.13 Å². The summed E-state index contributed by atoms with van der Waals surface area (Å²) in [4.78, 5) is 23.4. The monoisotopic (exact) mass is 422 g/mol. The van der Waals surface area contributed by atoms with Crippen molar-refractivity contribution in [1.29, 1.82) is 0 Å². The largest absolute Gasteiger partial charge is 0.508 e. The van der Waals surface area contributed by atoms with Gasteiger partial charge in [0.1, 0.15) is 5.75 Å². The molecule has 0 unspecified atom stereocenters. The highest BCUT2D eigenvalue weighted by atomic mass is 32.1. The number of amides is 1. The molecular weight excluding hydrogens is 396 g/mol. The zero-order chi connectivity index (χ0) is 21.1. The van der Waals surface area contributed by atoms with Gasteiger partial charge < -0.3 is 10.0 Å². The average molecular weight is 423 g/mol. The molecule has 2 heterocycles. The zero-order valence-corrected chi connectivity index (χ0v) is 18.1. The van der Waals surface area contributed by atoms with Crippen LogP contribution in [0.3, 0.4) is 0 Å². The van der Waals surface area contributed by atoms with E-state index in [1.165, 1.54) is 11.3 Å². The van der Waals surface area contributed by atoms with Crippen LogP contribution in [0.25, 0.3) is 0 Å². The SMILES string of the molecule is CC(=O)N(c1ccc(C)cc1)c1nc(CN2CCN(c3ccc(O)cc3)CC2)cs1. The zero-order valence-electron chi connectivity index (χ0n) is 17.3. The molecule has 1 N–H and O–H groups in total. The third-order valence-corrected chi connectivity index (χ3v) is 6.19. The summed E-state index contributed by atoms with van der Waals surface area (Å²) in [5, 5.41) is 12.2. The van der Waals surface area contributed by atoms with Crippen molar-refractivity contribution >= 4 is 33.8 Å². The van der Waals surface area contributed by atoms with Crippen molar-refractivity contribution in [1.82, 2.24) is 9.88 Å². The van der Waals surface area contributed by atoms with E-state index in [0.717, 1.165) is 55.4 Å². The van der Waals surface area contributed by atoms with Gasteiger partial charge in [0, 0.05) is 50.7 Å². The number of nitrogens with zero attached hydrogens (tertiary/aromatic N) is 4. The second-order valence-electron chi connectivity index (χ2n) is 7.59. The van der Waals surface area contributed by atoms with Crippen molar-refractivity contribution in [3.8, 4) is 5.75 Å². The molecule has 30 heavy (non-hydrogen) atoms. The van der Waals surface area contributed by atoms with Crippen molar-refractivity contribution in [2.75, 3.05) is 36.0 Å². The first-order valence-corrected chi connectivity index (χ1v) is 11.0. The molecule has 0 atom stereocenters. The van der Waals surface area contributed by atoms with Crippen LogP contribution in [0.4, 0.5) is 16.5 Å². The lowest BCUT2D eigenvalue weighted by Crippen LogP contribution is -2.46. The van der Waals surface area contributed by atoms with Gasteiger partial charge in [0.05, 0.1) is 11.4 Å². The molecule has 1 saturated heterocycles. The number of phenols is 1. The van der Waals surface area contributed by atoms with Crippen LogP contribution >= 0.6 is 11.3 Å². The van der Waals surface area contributed by atoms with Gasteiger partial charge in [-0.15, -0.1) is 11.3 Å². The second-order valence-corrected chi connectivity index (χ2v) is 8.43. The lowest BCUT2D eigenvalue weighted by atomic mass is 10.2. The van der Waals surface area contributed by atoms with E-state index in [4.69, 9.17) is 4.98 Å². The first kappa shape index (κ1) is 20.4. The molecule has 6 nitrogen and oxygen atoms in total. The Hall–Kier alpha value is -2.90. The third-order valence-electron chi connectivity index (χ3n) is 5.31. The summed E-state index contributed by atoms with van der Waals surface area (Å²) in [5.74, 6) is 0.254. The van der Waals surface area contributed by atoms with Gasteiger partial charge in [0.2, 0.25) is 5.91 Å². The molecule has 1 aromatic heterocycles. The topological polar surface area (TPSA) is 59.9 Å². The van der Waals surface area contributed by atoms with Crippen molar-refractivity contribution in [2.45, 2.75) is 20.4 Å². The fraction of sp³-hybridized carbons (Fsp3) is 0.304. The van der Waals surface area contributed by atoms with Gasteiger partial charge >= 0.3 is 0 Å². The number of benzene rings is 2. The van der Waals surface area contributed by atoms with Gasteiger partial charge in [-0.1, -0.05) is 17.7 Å². The number of piperazine rings is 1. The molecule has 0 saturated carbocycles. The van der Waals surface area contributed by atoms with E-state index >= 15 is 0 Å². The Balaban J connectivity index is 1.39. The molecule has 1 fully saturated rings. The highest BCUT2D eigenvalue weighted by Crippen LogP contribution is 2.29. The molecule has 0 radical (unpaired) electrons. The molecule has 0 bridgehead atoms. The lowest BCUT2D eigenvalue weighted by molar-refractivity contribution is -0.115. The molecule has 1 amide bonds. The number of hydrogen-bond donors (Lipinski definition) is 1. The quantitative estimate of drug-likeness (QED) is 0.669. The molecule has 156 valence electrons. The standard InChI is InChI=1S/C23H26N4O2S/c1-17-3-5-21(6-4-17)27(18(2)28)23-24-19(16-30-23)15-25-11-13-26(14-12-25)20-7-9-22(29)10-8-20/h3-10,16,29H,11-15H2,1-2H3. The number of phenolic OH excluding ortho intramolecular Hbond substituents is 1. The molecule has 3 aromatic rings. The fourth-order valence-corrected chi connectivity index (χ4v) is 4.53. The molecule has 0 spiro atoms. The number of aromatic nitrogens is 1. The molecular formula is C23H26N4O2S. The van der Waals surface area contributed by atoms with E-state index in [-0.39, 0.29) is 5.91 Å². The summed E-state index contributed by atoms with van der Waals surface area (Å²) < 4.78 is 0. The van der Waals surface area contributed by atoms with Crippen LogP contribution in [0.1, 0.15) is 18.2 Å². The van der Waals surface area contributed by atoms with Gasteiger partial charge in [-0.05, 0) is 43.3 Å². The van der Waals surface area contributed by atoms with E-state index in [9.17, 15) is 9.90 Å². The minimum absolute atomic E-state index is 0.0396. The highest BCUT2D eigenvalue weighted by molar-refractivity contribution is 7.14. The molecule has 2 aromatic carbocycles. The minimum Gasteiger partial charge on any atom is -0.508 e. The summed E-state index contributed by atoms with van der Waals surface area (Å²) in [6.07, 6.45) is 0. The van der Waals surface area contributed by atoms with Crippen LogP contribution in [-0.2, 0) is 11.3 Å². The van der Waals surface area contributed by atoms with Crippen LogP contribution in [0.2, 0.25) is 0 Å². The molecule has 1 aliphatic rings. The molecule has 4 rings (SSSR count). The number of thiazole rings is 1. The molecule has 0 aliphatic carbocycles. The van der Waals surface area contributed by atoms with E-state index in [1.807, 2.05) is 48.7 Å². The molecule has 7 heteroatoms. The third kappa shape index (κ3) is 4.63. The normalized spacial score (nSPS) is 14.7. The maximum absolute atomic E-state index is 12.3. The Morgan fingerprint density at radius 3 is 2.37 bits per heavy atom. The van der Waals surface area contributed by atoms with Crippen LogP contribution in [0, 0.1) is 6.92 Å². The van der Waals surface area contributed by atoms with Gasteiger partial charge in [-0.25, -0.2) is 4.98 Å². The maximum atomic E-state index is 12.3. The highest BCUT2D eigenvalue weighted by Gasteiger charge is 2.21. The number of aryl methyl sites for hydroxylation is 1. The fourth-order valence-electron chi connectivity index (χ4n) is 3.65. The van der Waals surface area contributed by atoms with E-state index < -0.39 is 0 Å². The summed E-state index contributed by atoms with van der Waals surface area (Å²) in [5.41, 5.74) is 4.13. The second kappa shape index (κ2) is 8.85. The number of carbonyl (C=O) groups excluding carboxylic acids is 1. The average Bonchev–Trinajstić information content (AvgIpc) is 3.18. The number of aromatic hydroxyl groups is 1. The van der Waals surface area contributed by atoms with E-state index in [1.54, 1.807) is 24.0 Å². The van der Waals surface area contributed by atoms with Crippen LogP contribution in [0.15, 0.2) is 53.9 Å². The van der Waals surface area contributed by atoms with Gasteiger partial charge in [0.25, 0.3) is 0 Å². The number of carbonyl (C=O) groups is 1.